The molecule has 2 aromatic carbocycles. The van der Waals surface area contributed by atoms with Crippen molar-refractivity contribution in [2.24, 2.45) is 5.92 Å². The minimum atomic E-state index is -0.871. The van der Waals surface area contributed by atoms with Crippen LogP contribution in [0, 0.1) is 12.8 Å². The van der Waals surface area contributed by atoms with E-state index in [-0.39, 0.29) is 5.92 Å². The normalized spacial score (nSPS) is 12.1. The summed E-state index contributed by atoms with van der Waals surface area (Å²) in [5.41, 5.74) is 3.06. The van der Waals surface area contributed by atoms with Gasteiger partial charge in [-0.2, -0.15) is 0 Å². The molecule has 28 heavy (non-hydrogen) atoms. The smallest absolute Gasteiger partial charge is 0.320 e. The Morgan fingerprint density at radius 1 is 1.14 bits per heavy atom. The van der Waals surface area contributed by atoms with Gasteiger partial charge in [0.1, 0.15) is 12.6 Å². The average Bonchev–Trinajstić information content (AvgIpc) is 2.62. The highest BCUT2D eigenvalue weighted by Crippen LogP contribution is 2.37. The molecule has 5 nitrogen and oxygen atoms in total. The maximum atomic E-state index is 11.4. The van der Waals surface area contributed by atoms with Crippen molar-refractivity contribution in [3.05, 3.63) is 58.1 Å². The molecule has 0 saturated heterocycles. The quantitative estimate of drug-likeness (QED) is 0.592. The van der Waals surface area contributed by atoms with Crippen LogP contribution < -0.4 is 14.8 Å². The zero-order valence-corrected chi connectivity index (χ0v) is 17.5. The van der Waals surface area contributed by atoms with Gasteiger partial charge in [0.15, 0.2) is 11.5 Å². The lowest BCUT2D eigenvalue weighted by molar-refractivity contribution is -0.140. The van der Waals surface area contributed by atoms with Crippen LogP contribution in [0.5, 0.6) is 11.5 Å². The van der Waals surface area contributed by atoms with Crippen LogP contribution in [-0.2, 0) is 17.9 Å². The van der Waals surface area contributed by atoms with Crippen LogP contribution in [0.4, 0.5) is 0 Å². The third-order valence-corrected chi connectivity index (χ3v) is 4.61. The van der Waals surface area contributed by atoms with Gasteiger partial charge in [-0.3, -0.25) is 4.79 Å². The minimum Gasteiger partial charge on any atom is -0.490 e. The van der Waals surface area contributed by atoms with Crippen molar-refractivity contribution >= 4 is 17.6 Å². The molecule has 0 aromatic heterocycles. The fourth-order valence-corrected chi connectivity index (χ4v) is 3.09. The van der Waals surface area contributed by atoms with Crippen LogP contribution in [0.15, 0.2) is 36.4 Å². The number of aliphatic carboxylic acids is 1. The fourth-order valence-electron chi connectivity index (χ4n) is 2.80. The largest absolute Gasteiger partial charge is 0.490 e. The monoisotopic (exact) mass is 405 g/mol. The molecule has 0 radical (unpaired) electrons. The number of nitrogens with one attached hydrogen (secondary N) is 1. The topological polar surface area (TPSA) is 67.8 Å². The molecule has 0 heterocycles. The van der Waals surface area contributed by atoms with E-state index in [9.17, 15) is 9.90 Å². The van der Waals surface area contributed by atoms with Gasteiger partial charge in [-0.15, -0.1) is 0 Å². The van der Waals surface area contributed by atoms with E-state index in [0.717, 1.165) is 11.1 Å². The fraction of sp³-hybridized carbons (Fsp3) is 0.409. The Kier molecular flexibility index (Phi) is 8.15. The predicted molar refractivity (Wildman–Crippen MR) is 111 cm³/mol. The number of halogens is 1. The Morgan fingerprint density at radius 2 is 1.82 bits per heavy atom. The molecule has 6 heteroatoms. The van der Waals surface area contributed by atoms with E-state index in [4.69, 9.17) is 21.1 Å². The second kappa shape index (κ2) is 10.3. The maximum Gasteiger partial charge on any atom is 0.320 e. The SMILES string of the molecule is CCOc1cc(CNC(C(=O)O)C(C)C)cc(Cl)c1OCc1ccc(C)cc1. The first-order chi connectivity index (χ1) is 13.3. The highest BCUT2D eigenvalue weighted by Gasteiger charge is 2.21. The van der Waals surface area contributed by atoms with Gasteiger partial charge in [0, 0.05) is 6.54 Å². The van der Waals surface area contributed by atoms with Crippen LogP contribution in [0.1, 0.15) is 37.5 Å². The van der Waals surface area contributed by atoms with E-state index in [0.29, 0.717) is 36.3 Å². The van der Waals surface area contributed by atoms with Crippen molar-refractivity contribution in [1.29, 1.82) is 0 Å². The van der Waals surface area contributed by atoms with Gasteiger partial charge >= 0.3 is 5.97 Å². The molecule has 0 aliphatic rings. The summed E-state index contributed by atoms with van der Waals surface area (Å²) in [6.07, 6.45) is 0. The number of ether oxygens (including phenoxy) is 2. The molecule has 2 N–H and O–H groups in total. The van der Waals surface area contributed by atoms with Crippen molar-refractivity contribution in [1.82, 2.24) is 5.32 Å². The van der Waals surface area contributed by atoms with Crippen molar-refractivity contribution in [3.63, 3.8) is 0 Å². The van der Waals surface area contributed by atoms with Gasteiger partial charge in [-0.05, 0) is 43.0 Å². The van der Waals surface area contributed by atoms with E-state index >= 15 is 0 Å². The van der Waals surface area contributed by atoms with Crippen LogP contribution in [0.2, 0.25) is 5.02 Å². The zero-order chi connectivity index (χ0) is 20.7. The molecule has 2 rings (SSSR count). The number of carboxylic acid groups (broad SMARTS) is 1. The van der Waals surface area contributed by atoms with E-state index in [1.54, 1.807) is 6.07 Å². The van der Waals surface area contributed by atoms with E-state index in [2.05, 4.69) is 5.32 Å². The summed E-state index contributed by atoms with van der Waals surface area (Å²) >= 11 is 6.45. The Labute approximate surface area is 171 Å². The number of benzene rings is 2. The summed E-state index contributed by atoms with van der Waals surface area (Å²) in [6, 6.07) is 11.1. The van der Waals surface area contributed by atoms with E-state index in [1.807, 2.05) is 58.0 Å². The second-order valence-corrected chi connectivity index (χ2v) is 7.46. The summed E-state index contributed by atoms with van der Waals surface area (Å²) in [4.78, 5) is 11.4. The first-order valence-electron chi connectivity index (χ1n) is 9.41. The molecule has 2 aromatic rings. The van der Waals surface area contributed by atoms with Crippen molar-refractivity contribution in [2.45, 2.75) is 46.9 Å². The molecule has 1 unspecified atom stereocenters. The zero-order valence-electron chi connectivity index (χ0n) is 16.8. The summed E-state index contributed by atoms with van der Waals surface area (Å²) in [6.45, 7) is 8.88. The van der Waals surface area contributed by atoms with Crippen LogP contribution >= 0.6 is 11.6 Å². The standard InChI is InChI=1S/C22H28ClNO4/c1-5-27-19-11-17(12-24-20(14(2)3)22(25)26)10-18(23)21(19)28-13-16-8-6-15(4)7-9-16/h6-11,14,20,24H,5,12-13H2,1-4H3,(H,25,26). The highest BCUT2D eigenvalue weighted by atomic mass is 35.5. The number of carbonyl (C=O) groups is 1. The Bertz CT molecular complexity index is 790. The molecule has 0 saturated carbocycles. The van der Waals surface area contributed by atoms with Crippen molar-refractivity contribution in [2.75, 3.05) is 6.61 Å². The summed E-state index contributed by atoms with van der Waals surface area (Å²) in [7, 11) is 0. The molecule has 0 aliphatic heterocycles. The van der Waals surface area contributed by atoms with Crippen LogP contribution in [-0.4, -0.2) is 23.7 Å². The Morgan fingerprint density at radius 3 is 2.39 bits per heavy atom. The Hall–Kier alpha value is -2.24. The number of carboxylic acids is 1. The minimum absolute atomic E-state index is 0.0311. The molecule has 0 amide bonds. The first kappa shape index (κ1) is 22.1. The molecule has 1 atom stereocenters. The highest BCUT2D eigenvalue weighted by molar-refractivity contribution is 6.32. The van der Waals surface area contributed by atoms with Gasteiger partial charge in [-0.1, -0.05) is 55.3 Å². The summed E-state index contributed by atoms with van der Waals surface area (Å²) in [5.74, 6) is 0.141. The number of hydrogen-bond donors (Lipinski definition) is 2. The lowest BCUT2D eigenvalue weighted by Gasteiger charge is -2.19. The number of hydrogen-bond acceptors (Lipinski definition) is 4. The van der Waals surface area contributed by atoms with Gasteiger partial charge in [0.25, 0.3) is 0 Å². The van der Waals surface area contributed by atoms with Crippen LogP contribution in [0.3, 0.4) is 0 Å². The van der Waals surface area contributed by atoms with Gasteiger partial charge in [0.05, 0.1) is 11.6 Å². The van der Waals surface area contributed by atoms with Crippen molar-refractivity contribution in [3.8, 4) is 11.5 Å². The third kappa shape index (κ3) is 6.14. The molecule has 0 fully saturated rings. The predicted octanol–water partition coefficient (Wildman–Crippen LogP) is 4.82. The third-order valence-electron chi connectivity index (χ3n) is 4.33. The maximum absolute atomic E-state index is 11.4. The lowest BCUT2D eigenvalue weighted by atomic mass is 10.0. The molecular formula is C22H28ClNO4. The van der Waals surface area contributed by atoms with Gasteiger partial charge < -0.3 is 19.9 Å². The van der Waals surface area contributed by atoms with Crippen molar-refractivity contribution < 1.29 is 19.4 Å². The average molecular weight is 406 g/mol. The molecule has 0 bridgehead atoms. The first-order valence-corrected chi connectivity index (χ1v) is 9.79. The number of aryl methyl sites for hydroxylation is 1. The number of rotatable bonds is 10. The van der Waals surface area contributed by atoms with Crippen LogP contribution in [0.25, 0.3) is 0 Å². The molecule has 0 spiro atoms. The van der Waals surface area contributed by atoms with Gasteiger partial charge in [-0.25, -0.2) is 0 Å². The molecule has 0 aliphatic carbocycles. The van der Waals surface area contributed by atoms with E-state index in [1.165, 1.54) is 5.56 Å². The summed E-state index contributed by atoms with van der Waals surface area (Å²) < 4.78 is 11.6. The molecular weight excluding hydrogens is 378 g/mol. The molecule has 152 valence electrons. The van der Waals surface area contributed by atoms with E-state index < -0.39 is 12.0 Å². The second-order valence-electron chi connectivity index (χ2n) is 7.05. The van der Waals surface area contributed by atoms with Gasteiger partial charge in [0.2, 0.25) is 0 Å². The lowest BCUT2D eigenvalue weighted by Crippen LogP contribution is -2.40. The summed E-state index contributed by atoms with van der Waals surface area (Å²) in [5, 5.41) is 12.8. The Balaban J connectivity index is 2.15.